The molecule has 0 saturated heterocycles. The van der Waals surface area contributed by atoms with Gasteiger partial charge in [-0.2, -0.15) is 0 Å². The van der Waals surface area contributed by atoms with Crippen LogP contribution in [0.4, 0.5) is 10.1 Å². The van der Waals surface area contributed by atoms with E-state index in [1.807, 2.05) is 35.7 Å². The van der Waals surface area contributed by atoms with Gasteiger partial charge in [0, 0.05) is 23.0 Å². The van der Waals surface area contributed by atoms with Gasteiger partial charge in [0.05, 0.1) is 11.7 Å². The van der Waals surface area contributed by atoms with Crippen molar-refractivity contribution in [2.45, 2.75) is 13.3 Å². The first-order valence-electron chi connectivity index (χ1n) is 9.82. The van der Waals surface area contributed by atoms with E-state index in [4.69, 9.17) is 4.42 Å². The molecule has 1 aliphatic rings. The molecule has 1 amide bonds. The molecular formula is C23H18FN5O2. The number of pyridine rings is 1. The Balaban J connectivity index is 1.49. The zero-order valence-electron chi connectivity index (χ0n) is 16.6. The standard InChI is InChI=1S/C23H18FN5O2/c1-14-4-5-15(11-19(14)22(30)27-17-8-6-16(24)7-9-17)18-3-2-10-29-20(18)12-25-21(29)23-28-26-13-31-23/h2-3,5-14H,4H2,1H3,(H,27,30). The van der Waals surface area contributed by atoms with Crippen LogP contribution in [-0.4, -0.2) is 25.5 Å². The highest BCUT2D eigenvalue weighted by Gasteiger charge is 2.22. The number of halogens is 1. The molecule has 3 heterocycles. The first kappa shape index (κ1) is 18.9. The predicted octanol–water partition coefficient (Wildman–Crippen LogP) is 4.51. The number of rotatable bonds is 4. The van der Waals surface area contributed by atoms with Gasteiger partial charge in [-0.25, -0.2) is 9.37 Å². The van der Waals surface area contributed by atoms with Crippen LogP contribution in [0, 0.1) is 11.7 Å². The number of allylic oxidation sites excluding steroid dienone is 3. The third-order valence-corrected chi connectivity index (χ3v) is 5.33. The lowest BCUT2D eigenvalue weighted by Gasteiger charge is -2.20. The minimum absolute atomic E-state index is 0.0581. The predicted molar refractivity (Wildman–Crippen MR) is 113 cm³/mol. The number of aromatic nitrogens is 4. The van der Waals surface area contributed by atoms with Crippen LogP contribution >= 0.6 is 0 Å². The summed E-state index contributed by atoms with van der Waals surface area (Å²) in [5.41, 5.74) is 3.97. The first-order valence-corrected chi connectivity index (χ1v) is 9.82. The van der Waals surface area contributed by atoms with Crippen molar-refractivity contribution in [2.75, 3.05) is 5.32 Å². The molecule has 8 heteroatoms. The molecule has 0 spiro atoms. The highest BCUT2D eigenvalue weighted by atomic mass is 19.1. The van der Waals surface area contributed by atoms with E-state index in [1.165, 1.54) is 18.5 Å². The fourth-order valence-electron chi connectivity index (χ4n) is 3.71. The number of hydrogen-bond acceptors (Lipinski definition) is 5. The number of benzene rings is 1. The number of imidazole rings is 1. The van der Waals surface area contributed by atoms with Gasteiger partial charge in [0.25, 0.3) is 11.8 Å². The number of nitrogens with one attached hydrogen (secondary N) is 1. The van der Waals surface area contributed by atoms with Crippen molar-refractivity contribution in [3.05, 3.63) is 84.3 Å². The maximum Gasteiger partial charge on any atom is 0.284 e. The molecule has 0 fully saturated rings. The molecule has 31 heavy (non-hydrogen) atoms. The number of amides is 1. The summed E-state index contributed by atoms with van der Waals surface area (Å²) in [4.78, 5) is 17.4. The van der Waals surface area contributed by atoms with Crippen molar-refractivity contribution >= 4 is 22.7 Å². The van der Waals surface area contributed by atoms with E-state index in [9.17, 15) is 9.18 Å². The number of anilines is 1. The van der Waals surface area contributed by atoms with Gasteiger partial charge < -0.3 is 9.73 Å². The molecule has 0 bridgehead atoms. The lowest BCUT2D eigenvalue weighted by Crippen LogP contribution is -2.20. The average molecular weight is 415 g/mol. The van der Waals surface area contributed by atoms with Crippen molar-refractivity contribution in [2.24, 2.45) is 5.92 Å². The third-order valence-electron chi connectivity index (χ3n) is 5.33. The van der Waals surface area contributed by atoms with Gasteiger partial charge in [-0.05, 0) is 54.3 Å². The van der Waals surface area contributed by atoms with Crippen LogP contribution in [0.15, 0.2) is 77.3 Å². The maximum absolute atomic E-state index is 13.1. The van der Waals surface area contributed by atoms with Crippen LogP contribution in [0.1, 0.15) is 18.9 Å². The van der Waals surface area contributed by atoms with Gasteiger partial charge in [-0.3, -0.25) is 9.20 Å². The highest BCUT2D eigenvalue weighted by Crippen LogP contribution is 2.33. The van der Waals surface area contributed by atoms with Gasteiger partial charge in [0.1, 0.15) is 5.82 Å². The molecule has 1 atom stereocenters. The summed E-state index contributed by atoms with van der Waals surface area (Å²) in [6, 6.07) is 9.63. The second kappa shape index (κ2) is 7.64. The van der Waals surface area contributed by atoms with Crippen molar-refractivity contribution in [3.63, 3.8) is 0 Å². The van der Waals surface area contributed by atoms with Crippen LogP contribution < -0.4 is 5.32 Å². The summed E-state index contributed by atoms with van der Waals surface area (Å²) in [5, 5.41) is 10.5. The topological polar surface area (TPSA) is 85.3 Å². The molecule has 7 nitrogen and oxygen atoms in total. The maximum atomic E-state index is 13.1. The fraction of sp³-hybridized carbons (Fsp3) is 0.130. The van der Waals surface area contributed by atoms with Crippen LogP contribution in [0.2, 0.25) is 0 Å². The quantitative estimate of drug-likeness (QED) is 0.530. The Kier molecular flexibility index (Phi) is 4.66. The number of carbonyl (C=O) groups is 1. The fourth-order valence-corrected chi connectivity index (χ4v) is 3.71. The highest BCUT2D eigenvalue weighted by molar-refractivity contribution is 6.06. The molecule has 1 aliphatic carbocycles. The average Bonchev–Trinajstić information content (AvgIpc) is 3.45. The molecule has 3 aromatic heterocycles. The van der Waals surface area contributed by atoms with Gasteiger partial charge in [0.15, 0.2) is 0 Å². The largest absolute Gasteiger partial charge is 0.421 e. The van der Waals surface area contributed by atoms with E-state index in [-0.39, 0.29) is 17.6 Å². The van der Waals surface area contributed by atoms with E-state index in [0.29, 0.717) is 23.0 Å². The van der Waals surface area contributed by atoms with Crippen LogP contribution in [0.5, 0.6) is 0 Å². The monoisotopic (exact) mass is 415 g/mol. The van der Waals surface area contributed by atoms with E-state index in [0.717, 1.165) is 23.1 Å². The normalized spacial score (nSPS) is 16.1. The van der Waals surface area contributed by atoms with E-state index >= 15 is 0 Å². The zero-order valence-corrected chi connectivity index (χ0v) is 16.6. The van der Waals surface area contributed by atoms with E-state index in [1.54, 1.807) is 18.3 Å². The summed E-state index contributed by atoms with van der Waals surface area (Å²) in [5.74, 6) is 0.400. The lowest BCUT2D eigenvalue weighted by molar-refractivity contribution is -0.113. The van der Waals surface area contributed by atoms with Crippen molar-refractivity contribution in [1.82, 2.24) is 19.6 Å². The number of carbonyl (C=O) groups excluding carboxylic acids is 1. The van der Waals surface area contributed by atoms with Crippen LogP contribution in [-0.2, 0) is 4.79 Å². The molecule has 0 saturated carbocycles. The van der Waals surface area contributed by atoms with Gasteiger partial charge in [-0.15, -0.1) is 10.2 Å². The van der Waals surface area contributed by atoms with E-state index in [2.05, 4.69) is 26.6 Å². The van der Waals surface area contributed by atoms with Crippen molar-refractivity contribution in [1.29, 1.82) is 0 Å². The Morgan fingerprint density at radius 2 is 2.10 bits per heavy atom. The minimum Gasteiger partial charge on any atom is -0.421 e. The molecule has 1 N–H and O–H groups in total. The Morgan fingerprint density at radius 1 is 1.26 bits per heavy atom. The second-order valence-electron chi connectivity index (χ2n) is 7.36. The molecule has 1 unspecified atom stereocenters. The number of nitrogens with zero attached hydrogens (tertiary/aromatic N) is 4. The van der Waals surface area contributed by atoms with Crippen molar-refractivity contribution in [3.8, 4) is 11.7 Å². The summed E-state index contributed by atoms with van der Waals surface area (Å²) in [7, 11) is 0. The Morgan fingerprint density at radius 3 is 2.87 bits per heavy atom. The molecule has 0 radical (unpaired) electrons. The third kappa shape index (κ3) is 3.52. The Labute approximate surface area is 176 Å². The molecule has 5 rings (SSSR count). The molecule has 0 aliphatic heterocycles. The van der Waals surface area contributed by atoms with Gasteiger partial charge in [-0.1, -0.05) is 19.1 Å². The van der Waals surface area contributed by atoms with Crippen LogP contribution in [0.25, 0.3) is 22.8 Å². The SMILES string of the molecule is CC1CC=C(c2cccn3c(-c4nnco4)ncc23)C=C1C(=O)Nc1ccc(F)cc1. The lowest BCUT2D eigenvalue weighted by atomic mass is 9.87. The van der Waals surface area contributed by atoms with Gasteiger partial charge in [0.2, 0.25) is 12.2 Å². The molecule has 154 valence electrons. The molecular weight excluding hydrogens is 397 g/mol. The second-order valence-corrected chi connectivity index (χ2v) is 7.36. The van der Waals surface area contributed by atoms with Gasteiger partial charge >= 0.3 is 0 Å². The summed E-state index contributed by atoms with van der Waals surface area (Å²) in [6.45, 7) is 2.01. The summed E-state index contributed by atoms with van der Waals surface area (Å²) < 4.78 is 20.3. The summed E-state index contributed by atoms with van der Waals surface area (Å²) in [6.07, 6.45) is 9.64. The van der Waals surface area contributed by atoms with Crippen LogP contribution in [0.3, 0.4) is 0 Å². The Hall–Kier alpha value is -4.07. The number of fused-ring (bicyclic) bond motifs is 1. The molecule has 1 aromatic carbocycles. The first-order chi connectivity index (χ1) is 15.1. The minimum atomic E-state index is -0.345. The molecule has 4 aromatic rings. The zero-order chi connectivity index (χ0) is 21.4. The van der Waals surface area contributed by atoms with E-state index < -0.39 is 0 Å². The Bertz CT molecular complexity index is 1320. The smallest absolute Gasteiger partial charge is 0.284 e. The number of hydrogen-bond donors (Lipinski definition) is 1. The van der Waals surface area contributed by atoms with Crippen molar-refractivity contribution < 1.29 is 13.6 Å². The summed E-state index contributed by atoms with van der Waals surface area (Å²) >= 11 is 0.